The van der Waals surface area contributed by atoms with Crippen LogP contribution in [0.5, 0.6) is 0 Å². The van der Waals surface area contributed by atoms with Crippen molar-refractivity contribution in [1.29, 1.82) is 0 Å². The summed E-state index contributed by atoms with van der Waals surface area (Å²) >= 11 is 7.35. The van der Waals surface area contributed by atoms with Crippen LogP contribution in [0.1, 0.15) is 5.01 Å². The fourth-order valence-electron chi connectivity index (χ4n) is 1.79. The highest BCUT2D eigenvalue weighted by Gasteiger charge is 2.22. The van der Waals surface area contributed by atoms with Crippen LogP contribution in [-0.2, 0) is 23.6 Å². The summed E-state index contributed by atoms with van der Waals surface area (Å²) in [5, 5.41) is 0.589. The smallest absolute Gasteiger partial charge is 0.261 e. The van der Waals surface area contributed by atoms with Crippen molar-refractivity contribution in [2.24, 2.45) is 7.05 Å². The molecule has 3 rings (SSSR count). The van der Waals surface area contributed by atoms with Crippen molar-refractivity contribution in [1.82, 2.24) is 19.3 Å². The van der Waals surface area contributed by atoms with Crippen molar-refractivity contribution in [3.05, 3.63) is 40.8 Å². The molecule has 0 aliphatic heterocycles. The molecule has 0 amide bonds. The van der Waals surface area contributed by atoms with Crippen LogP contribution in [0, 0.1) is 0 Å². The molecule has 2 heterocycles. The van der Waals surface area contributed by atoms with Crippen LogP contribution >= 0.6 is 22.9 Å². The Bertz CT molecular complexity index is 868. The number of para-hydroxylation sites is 1. The zero-order chi connectivity index (χ0) is 15.0. The van der Waals surface area contributed by atoms with E-state index in [1.165, 1.54) is 22.2 Å². The molecule has 1 aromatic carbocycles. The van der Waals surface area contributed by atoms with Crippen LogP contribution in [0.4, 0.5) is 0 Å². The van der Waals surface area contributed by atoms with Gasteiger partial charge in [0, 0.05) is 7.05 Å². The number of thiazole rings is 1. The third kappa shape index (κ3) is 2.80. The first-order valence-electron chi connectivity index (χ1n) is 5.98. The molecule has 0 aliphatic carbocycles. The third-order valence-electron chi connectivity index (χ3n) is 2.84. The lowest BCUT2D eigenvalue weighted by Gasteiger charge is -2.02. The van der Waals surface area contributed by atoms with E-state index >= 15 is 0 Å². The molecule has 0 unspecified atom stereocenters. The van der Waals surface area contributed by atoms with Gasteiger partial charge in [0.2, 0.25) is 5.03 Å². The minimum Gasteiger partial charge on any atom is -0.324 e. The maximum Gasteiger partial charge on any atom is 0.261 e. The van der Waals surface area contributed by atoms with Crippen LogP contribution in [-0.4, -0.2) is 23.0 Å². The van der Waals surface area contributed by atoms with Gasteiger partial charge in [-0.05, 0) is 12.1 Å². The van der Waals surface area contributed by atoms with Gasteiger partial charge in [0.15, 0.2) is 0 Å². The number of nitrogens with one attached hydrogen (secondary N) is 1. The predicted molar refractivity (Wildman–Crippen MR) is 81.9 cm³/mol. The fourth-order valence-corrected chi connectivity index (χ4v) is 4.21. The fraction of sp³-hybridized carbons (Fsp3) is 0.167. The molecule has 0 saturated carbocycles. The van der Waals surface area contributed by atoms with Crippen molar-refractivity contribution in [2.45, 2.75) is 11.6 Å². The first kappa shape index (κ1) is 14.5. The summed E-state index contributed by atoms with van der Waals surface area (Å²) in [6.07, 6.45) is 1.36. The van der Waals surface area contributed by atoms with Gasteiger partial charge in [-0.3, -0.25) is 0 Å². The Balaban J connectivity index is 1.82. The molecule has 0 atom stereocenters. The molecule has 0 radical (unpaired) electrons. The van der Waals surface area contributed by atoms with Gasteiger partial charge in [-0.2, -0.15) is 0 Å². The van der Waals surface area contributed by atoms with Gasteiger partial charge < -0.3 is 4.57 Å². The molecule has 0 bridgehead atoms. The van der Waals surface area contributed by atoms with Crippen LogP contribution in [0.15, 0.2) is 35.6 Å². The van der Waals surface area contributed by atoms with E-state index in [0.717, 1.165) is 10.2 Å². The summed E-state index contributed by atoms with van der Waals surface area (Å²) < 4.78 is 29.2. The molecule has 0 aliphatic rings. The number of nitrogens with zero attached hydrogens (tertiary/aromatic N) is 3. The Labute approximate surface area is 130 Å². The van der Waals surface area contributed by atoms with E-state index in [1.54, 1.807) is 7.05 Å². The van der Waals surface area contributed by atoms with E-state index in [-0.39, 0.29) is 16.7 Å². The second-order valence-electron chi connectivity index (χ2n) is 4.35. The lowest BCUT2D eigenvalue weighted by Crippen LogP contribution is -2.23. The van der Waals surface area contributed by atoms with Crippen molar-refractivity contribution in [3.8, 4) is 0 Å². The molecule has 3 aromatic rings. The second kappa shape index (κ2) is 5.38. The van der Waals surface area contributed by atoms with Crippen molar-refractivity contribution >= 4 is 43.2 Å². The number of hydrogen-bond acceptors (Lipinski definition) is 5. The number of rotatable bonds is 4. The van der Waals surface area contributed by atoms with Crippen molar-refractivity contribution < 1.29 is 8.42 Å². The first-order chi connectivity index (χ1) is 9.97. The summed E-state index contributed by atoms with van der Waals surface area (Å²) in [5.41, 5.74) is 0.854. The average molecular weight is 343 g/mol. The number of aryl methyl sites for hydroxylation is 1. The van der Waals surface area contributed by atoms with Gasteiger partial charge in [-0.1, -0.05) is 23.7 Å². The Morgan fingerprint density at radius 3 is 2.81 bits per heavy atom. The molecule has 0 saturated heterocycles. The quantitative estimate of drug-likeness (QED) is 0.788. The molecule has 2 aromatic heterocycles. The first-order valence-corrected chi connectivity index (χ1v) is 8.66. The number of halogens is 1. The Kier molecular flexibility index (Phi) is 3.70. The molecule has 0 spiro atoms. The number of sulfonamides is 1. The molecule has 21 heavy (non-hydrogen) atoms. The minimum atomic E-state index is -3.75. The van der Waals surface area contributed by atoms with Gasteiger partial charge in [0.1, 0.15) is 10.2 Å². The zero-order valence-electron chi connectivity index (χ0n) is 10.9. The molecule has 9 heteroatoms. The average Bonchev–Trinajstić information content (AvgIpc) is 3.01. The standard InChI is InChI=1S/C12H11ClN4O2S2/c1-17-7-14-12(11(17)13)21(18,19)15-6-10-16-8-4-2-3-5-9(8)20-10/h2-5,7,15H,6H2,1H3. The molecule has 1 N–H and O–H groups in total. The Hall–Kier alpha value is -1.48. The number of hydrogen-bond donors (Lipinski definition) is 1. The molecule has 110 valence electrons. The second-order valence-corrected chi connectivity index (χ2v) is 7.51. The zero-order valence-corrected chi connectivity index (χ0v) is 13.3. The van der Waals surface area contributed by atoms with Crippen LogP contribution in [0.25, 0.3) is 10.2 Å². The van der Waals surface area contributed by atoms with Crippen LogP contribution in [0.2, 0.25) is 5.15 Å². The Morgan fingerprint density at radius 2 is 2.14 bits per heavy atom. The van der Waals surface area contributed by atoms with E-state index in [2.05, 4.69) is 14.7 Å². The largest absolute Gasteiger partial charge is 0.324 e. The number of aromatic nitrogens is 3. The minimum absolute atomic E-state index is 0.0757. The predicted octanol–water partition coefficient (Wildman–Crippen LogP) is 2.16. The summed E-state index contributed by atoms with van der Waals surface area (Å²) in [7, 11) is -2.13. The third-order valence-corrected chi connectivity index (χ3v) is 5.77. The highest BCUT2D eigenvalue weighted by atomic mass is 35.5. The monoisotopic (exact) mass is 342 g/mol. The maximum atomic E-state index is 12.2. The molecule has 6 nitrogen and oxygen atoms in total. The van der Waals surface area contributed by atoms with Crippen LogP contribution in [0.3, 0.4) is 0 Å². The summed E-state index contributed by atoms with van der Waals surface area (Å²) in [6.45, 7) is 0.106. The molecular weight excluding hydrogens is 332 g/mol. The summed E-state index contributed by atoms with van der Waals surface area (Å²) in [6, 6.07) is 7.64. The normalized spacial score (nSPS) is 12.1. The number of imidazole rings is 1. The van der Waals surface area contributed by atoms with E-state index < -0.39 is 10.0 Å². The number of benzene rings is 1. The van der Waals surface area contributed by atoms with E-state index in [0.29, 0.717) is 5.01 Å². The maximum absolute atomic E-state index is 12.2. The van der Waals surface area contributed by atoms with Gasteiger partial charge in [-0.25, -0.2) is 23.1 Å². The van der Waals surface area contributed by atoms with E-state index in [1.807, 2.05) is 24.3 Å². The van der Waals surface area contributed by atoms with Crippen molar-refractivity contribution in [2.75, 3.05) is 0 Å². The van der Waals surface area contributed by atoms with Gasteiger partial charge in [0.25, 0.3) is 10.0 Å². The number of fused-ring (bicyclic) bond motifs is 1. The van der Waals surface area contributed by atoms with E-state index in [4.69, 9.17) is 11.6 Å². The highest BCUT2D eigenvalue weighted by Crippen LogP contribution is 2.22. The Morgan fingerprint density at radius 1 is 1.38 bits per heavy atom. The summed E-state index contributed by atoms with van der Waals surface area (Å²) in [5.74, 6) is 0. The van der Waals surface area contributed by atoms with Gasteiger partial charge in [-0.15, -0.1) is 11.3 Å². The highest BCUT2D eigenvalue weighted by molar-refractivity contribution is 7.89. The van der Waals surface area contributed by atoms with Gasteiger partial charge >= 0.3 is 0 Å². The summed E-state index contributed by atoms with van der Waals surface area (Å²) in [4.78, 5) is 8.18. The van der Waals surface area contributed by atoms with E-state index in [9.17, 15) is 8.42 Å². The SMILES string of the molecule is Cn1cnc(S(=O)(=O)NCc2nc3ccccc3s2)c1Cl. The molecular formula is C12H11ClN4O2S2. The lowest BCUT2D eigenvalue weighted by atomic mass is 10.3. The van der Waals surface area contributed by atoms with Crippen molar-refractivity contribution in [3.63, 3.8) is 0 Å². The van der Waals surface area contributed by atoms with Gasteiger partial charge in [0.05, 0.1) is 23.1 Å². The molecule has 0 fully saturated rings. The lowest BCUT2D eigenvalue weighted by molar-refractivity contribution is 0.578. The van der Waals surface area contributed by atoms with Crippen LogP contribution < -0.4 is 4.72 Å². The topological polar surface area (TPSA) is 76.9 Å².